The van der Waals surface area contributed by atoms with Gasteiger partial charge in [0, 0.05) is 25.6 Å². The third-order valence-corrected chi connectivity index (χ3v) is 2.87. The summed E-state index contributed by atoms with van der Waals surface area (Å²) < 4.78 is 5.05. The van der Waals surface area contributed by atoms with Gasteiger partial charge in [-0.05, 0) is 24.1 Å². The molecule has 0 aliphatic heterocycles. The Balaban J connectivity index is 2.15. The molecule has 0 spiro atoms. The van der Waals surface area contributed by atoms with Gasteiger partial charge in [-0.2, -0.15) is 0 Å². The van der Waals surface area contributed by atoms with Crippen molar-refractivity contribution in [1.29, 1.82) is 0 Å². The quantitative estimate of drug-likeness (QED) is 0.622. The van der Waals surface area contributed by atoms with E-state index in [1.807, 2.05) is 13.8 Å². The second-order valence-electron chi connectivity index (χ2n) is 5.01. The number of hydrogen-bond acceptors (Lipinski definition) is 4. The van der Waals surface area contributed by atoms with Crippen molar-refractivity contribution in [2.75, 3.05) is 13.1 Å². The van der Waals surface area contributed by atoms with Crippen molar-refractivity contribution < 1.29 is 19.1 Å². The number of carbonyl (C=O) groups excluding carboxylic acids is 2. The molecule has 2 amide bonds. The van der Waals surface area contributed by atoms with Crippen LogP contribution >= 0.6 is 0 Å². The Morgan fingerprint density at radius 1 is 1.38 bits per heavy atom. The highest BCUT2D eigenvalue weighted by molar-refractivity contribution is 5.91. The standard InChI is InChI=1S/C15H22N2O4/c1-11(2)13(18)10-17-15(20)7-8-16-14(19)6-5-12-4-3-9-21-12/h3-6,9,11,13,18H,7-8,10H2,1-2H3,(H,16,19)(H,17,20)/b6-5+. The van der Waals surface area contributed by atoms with Crippen LogP contribution in [0.3, 0.4) is 0 Å². The molecule has 0 saturated heterocycles. The van der Waals surface area contributed by atoms with Crippen molar-refractivity contribution in [3.05, 3.63) is 30.2 Å². The van der Waals surface area contributed by atoms with Crippen molar-refractivity contribution in [3.8, 4) is 0 Å². The van der Waals surface area contributed by atoms with Crippen molar-refractivity contribution in [3.63, 3.8) is 0 Å². The first-order valence-corrected chi connectivity index (χ1v) is 6.93. The van der Waals surface area contributed by atoms with E-state index in [2.05, 4.69) is 10.6 Å². The van der Waals surface area contributed by atoms with E-state index in [-0.39, 0.29) is 37.2 Å². The Morgan fingerprint density at radius 3 is 2.76 bits per heavy atom. The van der Waals surface area contributed by atoms with Gasteiger partial charge in [0.2, 0.25) is 11.8 Å². The van der Waals surface area contributed by atoms with Crippen molar-refractivity contribution in [1.82, 2.24) is 10.6 Å². The number of hydrogen-bond donors (Lipinski definition) is 3. The van der Waals surface area contributed by atoms with Crippen LogP contribution in [0.15, 0.2) is 28.9 Å². The van der Waals surface area contributed by atoms with E-state index in [0.29, 0.717) is 5.76 Å². The van der Waals surface area contributed by atoms with Crippen LogP contribution in [-0.4, -0.2) is 36.1 Å². The largest absolute Gasteiger partial charge is 0.465 e. The van der Waals surface area contributed by atoms with Crippen LogP contribution in [0, 0.1) is 5.92 Å². The summed E-state index contributed by atoms with van der Waals surface area (Å²) in [5, 5.41) is 14.8. The number of aliphatic hydroxyl groups excluding tert-OH is 1. The SMILES string of the molecule is CC(C)C(O)CNC(=O)CCNC(=O)/C=C/c1ccco1. The highest BCUT2D eigenvalue weighted by Gasteiger charge is 2.10. The molecule has 6 nitrogen and oxygen atoms in total. The lowest BCUT2D eigenvalue weighted by atomic mass is 10.1. The highest BCUT2D eigenvalue weighted by atomic mass is 16.3. The van der Waals surface area contributed by atoms with E-state index in [1.165, 1.54) is 12.3 Å². The summed E-state index contributed by atoms with van der Waals surface area (Å²) in [4.78, 5) is 23.0. The third kappa shape index (κ3) is 7.31. The molecule has 21 heavy (non-hydrogen) atoms. The smallest absolute Gasteiger partial charge is 0.244 e. The zero-order chi connectivity index (χ0) is 15.7. The van der Waals surface area contributed by atoms with Crippen molar-refractivity contribution >= 4 is 17.9 Å². The number of carbonyl (C=O) groups is 2. The number of amides is 2. The molecule has 0 fully saturated rings. The molecular weight excluding hydrogens is 272 g/mol. The van der Waals surface area contributed by atoms with Crippen molar-refractivity contribution in [2.45, 2.75) is 26.4 Å². The lowest BCUT2D eigenvalue weighted by Gasteiger charge is -2.14. The molecule has 1 aromatic rings. The Kier molecular flexibility index (Phi) is 7.25. The van der Waals surface area contributed by atoms with Gasteiger partial charge in [0.05, 0.1) is 12.4 Å². The molecule has 6 heteroatoms. The topological polar surface area (TPSA) is 91.6 Å². The summed E-state index contributed by atoms with van der Waals surface area (Å²) in [6, 6.07) is 3.46. The first-order chi connectivity index (χ1) is 9.99. The van der Waals surface area contributed by atoms with E-state index in [9.17, 15) is 14.7 Å². The second-order valence-corrected chi connectivity index (χ2v) is 5.01. The van der Waals surface area contributed by atoms with E-state index in [0.717, 1.165) is 0 Å². The zero-order valence-corrected chi connectivity index (χ0v) is 12.3. The maximum Gasteiger partial charge on any atom is 0.244 e. The van der Waals surface area contributed by atoms with E-state index in [4.69, 9.17) is 4.42 Å². The minimum atomic E-state index is -0.556. The molecular formula is C15H22N2O4. The van der Waals surface area contributed by atoms with Gasteiger partial charge in [-0.25, -0.2) is 0 Å². The van der Waals surface area contributed by atoms with E-state index < -0.39 is 6.10 Å². The van der Waals surface area contributed by atoms with Crippen LogP contribution in [0.5, 0.6) is 0 Å². The molecule has 1 atom stereocenters. The van der Waals surface area contributed by atoms with Gasteiger partial charge in [-0.3, -0.25) is 9.59 Å². The molecule has 1 heterocycles. The molecule has 0 bridgehead atoms. The summed E-state index contributed by atoms with van der Waals surface area (Å²) in [5.41, 5.74) is 0. The van der Waals surface area contributed by atoms with Gasteiger partial charge in [0.1, 0.15) is 5.76 Å². The molecule has 0 aliphatic rings. The monoisotopic (exact) mass is 294 g/mol. The Morgan fingerprint density at radius 2 is 2.14 bits per heavy atom. The molecule has 3 N–H and O–H groups in total. The van der Waals surface area contributed by atoms with E-state index >= 15 is 0 Å². The molecule has 0 aliphatic carbocycles. The fourth-order valence-electron chi connectivity index (χ4n) is 1.44. The van der Waals surface area contributed by atoms with Crippen LogP contribution in [0.4, 0.5) is 0 Å². The first-order valence-electron chi connectivity index (χ1n) is 6.93. The van der Waals surface area contributed by atoms with Gasteiger partial charge in [-0.15, -0.1) is 0 Å². The lowest BCUT2D eigenvalue weighted by molar-refractivity contribution is -0.121. The second kappa shape index (κ2) is 8.97. The maximum atomic E-state index is 11.5. The van der Waals surface area contributed by atoms with Crippen LogP contribution in [0.2, 0.25) is 0 Å². The van der Waals surface area contributed by atoms with Gasteiger partial charge in [-0.1, -0.05) is 13.8 Å². The predicted octanol–water partition coefficient (Wildman–Crippen LogP) is 0.932. The van der Waals surface area contributed by atoms with Crippen LogP contribution in [0.25, 0.3) is 6.08 Å². The van der Waals surface area contributed by atoms with Crippen LogP contribution in [-0.2, 0) is 9.59 Å². The fourth-order valence-corrected chi connectivity index (χ4v) is 1.44. The summed E-state index contributed by atoms with van der Waals surface area (Å²) in [6.45, 7) is 4.22. The zero-order valence-electron chi connectivity index (χ0n) is 12.3. The summed E-state index contributed by atoms with van der Waals surface area (Å²) in [6.07, 6.45) is 4.03. The van der Waals surface area contributed by atoms with Crippen molar-refractivity contribution in [2.24, 2.45) is 5.92 Å². The number of furan rings is 1. The molecule has 0 radical (unpaired) electrons. The number of nitrogens with one attached hydrogen (secondary N) is 2. The first kappa shape index (κ1) is 17.0. The maximum absolute atomic E-state index is 11.5. The van der Waals surface area contributed by atoms with Gasteiger partial charge in [0.15, 0.2) is 0 Å². The summed E-state index contributed by atoms with van der Waals surface area (Å²) in [7, 11) is 0. The summed E-state index contributed by atoms with van der Waals surface area (Å²) >= 11 is 0. The molecule has 0 aromatic carbocycles. The molecule has 1 aromatic heterocycles. The third-order valence-electron chi connectivity index (χ3n) is 2.87. The Hall–Kier alpha value is -2.08. The van der Waals surface area contributed by atoms with Gasteiger partial charge < -0.3 is 20.2 Å². The van der Waals surface area contributed by atoms with Crippen LogP contribution in [0.1, 0.15) is 26.0 Å². The van der Waals surface area contributed by atoms with Crippen LogP contribution < -0.4 is 10.6 Å². The molecule has 116 valence electrons. The van der Waals surface area contributed by atoms with E-state index in [1.54, 1.807) is 18.2 Å². The minimum Gasteiger partial charge on any atom is -0.465 e. The fraction of sp³-hybridized carbons (Fsp3) is 0.467. The predicted molar refractivity (Wildman–Crippen MR) is 79.2 cm³/mol. The van der Waals surface area contributed by atoms with Gasteiger partial charge >= 0.3 is 0 Å². The van der Waals surface area contributed by atoms with Gasteiger partial charge in [0.25, 0.3) is 0 Å². The molecule has 0 saturated carbocycles. The number of aliphatic hydroxyl groups is 1. The average molecular weight is 294 g/mol. The normalized spacial score (nSPS) is 12.6. The minimum absolute atomic E-state index is 0.0942. The Labute approximate surface area is 124 Å². The highest BCUT2D eigenvalue weighted by Crippen LogP contribution is 2.01. The molecule has 1 unspecified atom stereocenters. The lowest BCUT2D eigenvalue weighted by Crippen LogP contribution is -2.36. The molecule has 1 rings (SSSR count). The Bertz CT molecular complexity index is 466. The average Bonchev–Trinajstić information content (AvgIpc) is 2.95. The number of rotatable bonds is 8. The summed E-state index contributed by atoms with van der Waals surface area (Å²) in [5.74, 6) is 0.189.